The van der Waals surface area contributed by atoms with E-state index in [4.69, 9.17) is 9.88 Å². The molecule has 10 heteroatoms. The number of nitrogens with two attached hydrogens (primary N) is 1. The number of benzene rings is 1. The van der Waals surface area contributed by atoms with Crippen molar-refractivity contribution in [1.82, 2.24) is 4.47 Å². The van der Waals surface area contributed by atoms with E-state index in [0.29, 0.717) is 10.2 Å². The van der Waals surface area contributed by atoms with E-state index in [1.807, 2.05) is 0 Å². The summed E-state index contributed by atoms with van der Waals surface area (Å²) in [5.74, 6) is 0.458. The number of nitrogens with zero attached hydrogens (tertiary/aromatic N) is 1. The van der Waals surface area contributed by atoms with Crippen molar-refractivity contribution >= 4 is 20.3 Å². The van der Waals surface area contributed by atoms with Crippen LogP contribution >= 0.6 is 0 Å². The molecular formula is C12H18N2O6S2. The minimum absolute atomic E-state index is 0.159. The first-order valence-corrected chi connectivity index (χ1v) is 9.06. The Kier molecular flexibility index (Phi) is 6.08. The zero-order valence-electron chi connectivity index (χ0n) is 12.3. The Hall–Kier alpha value is -1.46. The summed E-state index contributed by atoms with van der Waals surface area (Å²) in [6.07, 6.45) is 3.01. The van der Waals surface area contributed by atoms with Crippen molar-refractivity contribution in [2.75, 3.05) is 7.11 Å². The van der Waals surface area contributed by atoms with E-state index in [-0.39, 0.29) is 4.90 Å². The lowest BCUT2D eigenvalue weighted by atomic mass is 10.3. The predicted octanol–water partition coefficient (Wildman–Crippen LogP) is 0.786. The second-order valence-electron chi connectivity index (χ2n) is 4.27. The van der Waals surface area contributed by atoms with Gasteiger partial charge in [0.15, 0.2) is 0 Å². The van der Waals surface area contributed by atoms with E-state index in [1.54, 1.807) is 13.0 Å². The van der Waals surface area contributed by atoms with Gasteiger partial charge in [-0.25, -0.2) is 13.6 Å². The molecule has 0 aliphatic rings. The Labute approximate surface area is 130 Å². The van der Waals surface area contributed by atoms with Crippen molar-refractivity contribution in [2.24, 2.45) is 5.14 Å². The molecule has 2 N–H and O–H groups in total. The molecule has 0 aliphatic carbocycles. The lowest BCUT2D eigenvalue weighted by Gasteiger charge is -2.23. The van der Waals surface area contributed by atoms with E-state index in [1.165, 1.54) is 44.4 Å². The molecule has 8 nitrogen and oxygen atoms in total. The van der Waals surface area contributed by atoms with E-state index in [9.17, 15) is 16.8 Å². The monoisotopic (exact) mass is 350 g/mol. The van der Waals surface area contributed by atoms with Crippen molar-refractivity contribution in [2.45, 2.75) is 24.8 Å². The molecule has 1 unspecified atom stereocenters. The maximum Gasteiger partial charge on any atom is 0.350 e. The highest BCUT2D eigenvalue weighted by Crippen LogP contribution is 2.22. The Bertz CT molecular complexity index is 725. The summed E-state index contributed by atoms with van der Waals surface area (Å²) in [5, 5.41) is 4.79. The highest BCUT2D eigenvalue weighted by molar-refractivity contribution is 7.90. The molecule has 1 aromatic rings. The van der Waals surface area contributed by atoms with Crippen LogP contribution in [0.15, 0.2) is 41.3 Å². The maximum atomic E-state index is 12.5. The number of allylic oxidation sites excluding steroid dienone is 1. The van der Waals surface area contributed by atoms with Crippen LogP contribution in [0, 0.1) is 0 Å². The third-order valence-corrected chi connectivity index (χ3v) is 4.79. The molecule has 1 aromatic carbocycles. The van der Waals surface area contributed by atoms with Crippen LogP contribution in [0.5, 0.6) is 5.75 Å². The van der Waals surface area contributed by atoms with Gasteiger partial charge in [0, 0.05) is 0 Å². The largest absolute Gasteiger partial charge is 0.497 e. The van der Waals surface area contributed by atoms with Crippen molar-refractivity contribution in [3.8, 4) is 5.75 Å². The molecule has 0 fully saturated rings. The van der Waals surface area contributed by atoms with Gasteiger partial charge in [-0.3, -0.25) is 0 Å². The first-order chi connectivity index (χ1) is 10.1. The van der Waals surface area contributed by atoms with Crippen molar-refractivity contribution in [3.63, 3.8) is 0 Å². The van der Waals surface area contributed by atoms with E-state index in [0.717, 1.165) is 0 Å². The standard InChI is InChI=1S/C12H18N2O6S2/c1-4-5-10(2)14(20-22(13,17)18)21(15,16)12-8-6-11(19-3)7-9-12/h4-10H,1-3H3,(H2,13,17,18)/b5-4+. The van der Waals surface area contributed by atoms with Gasteiger partial charge < -0.3 is 4.74 Å². The topological polar surface area (TPSA) is 116 Å². The fourth-order valence-corrected chi connectivity index (χ4v) is 3.74. The molecule has 124 valence electrons. The van der Waals surface area contributed by atoms with Crippen LogP contribution in [0.25, 0.3) is 0 Å². The molecule has 0 bridgehead atoms. The molecule has 0 heterocycles. The second kappa shape index (κ2) is 7.20. The molecule has 0 spiro atoms. The van der Waals surface area contributed by atoms with Gasteiger partial charge in [0.1, 0.15) is 5.75 Å². The number of sulfonamides is 1. The van der Waals surface area contributed by atoms with Crippen molar-refractivity contribution in [1.29, 1.82) is 0 Å². The Morgan fingerprint density at radius 2 is 1.73 bits per heavy atom. The molecule has 1 rings (SSSR count). The third-order valence-electron chi connectivity index (χ3n) is 2.58. The average Bonchev–Trinajstić information content (AvgIpc) is 2.44. The van der Waals surface area contributed by atoms with Crippen molar-refractivity contribution in [3.05, 3.63) is 36.4 Å². The lowest BCUT2D eigenvalue weighted by Crippen LogP contribution is -2.41. The number of hydroxylamine groups is 1. The summed E-state index contributed by atoms with van der Waals surface area (Å²) in [6.45, 7) is 3.11. The highest BCUT2D eigenvalue weighted by Gasteiger charge is 2.32. The quantitative estimate of drug-likeness (QED) is 0.574. The second-order valence-corrected chi connectivity index (χ2v) is 7.19. The zero-order valence-corrected chi connectivity index (χ0v) is 14.0. The molecule has 0 radical (unpaired) electrons. The average molecular weight is 350 g/mol. The van der Waals surface area contributed by atoms with E-state index < -0.39 is 26.4 Å². The van der Waals surface area contributed by atoms with Gasteiger partial charge >= 0.3 is 10.3 Å². The van der Waals surface area contributed by atoms with Crippen molar-refractivity contribution < 1.29 is 25.9 Å². The molecule has 1 atom stereocenters. The third kappa shape index (κ3) is 4.78. The molecule has 0 aliphatic heterocycles. The number of rotatable bonds is 7. The number of methoxy groups -OCH3 is 1. The van der Waals surface area contributed by atoms with Gasteiger partial charge in [-0.15, -0.1) is 4.28 Å². The van der Waals surface area contributed by atoms with Crippen LogP contribution in [0.4, 0.5) is 0 Å². The summed E-state index contributed by atoms with van der Waals surface area (Å²) in [4.78, 5) is -0.159. The van der Waals surface area contributed by atoms with E-state index in [2.05, 4.69) is 4.28 Å². The van der Waals surface area contributed by atoms with Crippen LogP contribution in [0.2, 0.25) is 0 Å². The predicted molar refractivity (Wildman–Crippen MR) is 80.5 cm³/mol. The van der Waals surface area contributed by atoms with Gasteiger partial charge in [-0.2, -0.15) is 8.42 Å². The fraction of sp³-hybridized carbons (Fsp3) is 0.333. The fourth-order valence-electron chi connectivity index (χ4n) is 1.63. The number of hydrogen-bond acceptors (Lipinski definition) is 6. The van der Waals surface area contributed by atoms with Crippen LogP contribution < -0.4 is 9.88 Å². The van der Waals surface area contributed by atoms with Crippen LogP contribution in [-0.4, -0.2) is 34.5 Å². The smallest absolute Gasteiger partial charge is 0.350 e. The summed E-state index contributed by atoms with van der Waals surface area (Å²) < 4.78 is 57.1. The molecule has 22 heavy (non-hydrogen) atoms. The summed E-state index contributed by atoms with van der Waals surface area (Å²) in [5.41, 5.74) is 0. The molecular weight excluding hydrogens is 332 g/mol. The molecule has 0 saturated carbocycles. The summed E-state index contributed by atoms with van der Waals surface area (Å²) >= 11 is 0. The van der Waals surface area contributed by atoms with Gasteiger partial charge in [-0.05, 0) is 38.1 Å². The van der Waals surface area contributed by atoms with Gasteiger partial charge in [0.05, 0.1) is 18.0 Å². The highest BCUT2D eigenvalue weighted by atomic mass is 32.2. The first kappa shape index (κ1) is 18.6. The summed E-state index contributed by atoms with van der Waals surface area (Å²) in [7, 11) is -7.30. The molecule has 0 saturated heterocycles. The first-order valence-electron chi connectivity index (χ1n) is 6.15. The van der Waals surface area contributed by atoms with Crippen LogP contribution in [0.3, 0.4) is 0 Å². The molecule has 0 aromatic heterocycles. The summed E-state index contributed by atoms with van der Waals surface area (Å²) in [6, 6.07) is 4.53. The van der Waals surface area contributed by atoms with E-state index >= 15 is 0 Å². The normalized spacial score (nSPS) is 14.4. The Morgan fingerprint density at radius 1 is 1.18 bits per heavy atom. The van der Waals surface area contributed by atoms with Gasteiger partial charge in [0.25, 0.3) is 10.0 Å². The number of ether oxygens (including phenoxy) is 1. The minimum Gasteiger partial charge on any atom is -0.497 e. The van der Waals surface area contributed by atoms with Crippen LogP contribution in [0.1, 0.15) is 13.8 Å². The van der Waals surface area contributed by atoms with Crippen LogP contribution in [-0.2, 0) is 24.6 Å². The zero-order chi connectivity index (χ0) is 17.0. The molecule has 0 amide bonds. The van der Waals surface area contributed by atoms with Gasteiger partial charge in [0.2, 0.25) is 0 Å². The minimum atomic E-state index is -4.50. The SMILES string of the molecule is C/C=C/C(C)N(OS(N)(=O)=O)S(=O)(=O)c1ccc(OC)cc1. The number of hydrogen-bond donors (Lipinski definition) is 1. The Balaban J connectivity index is 3.30. The Morgan fingerprint density at radius 3 is 2.14 bits per heavy atom. The maximum absolute atomic E-state index is 12.5. The lowest BCUT2D eigenvalue weighted by molar-refractivity contribution is 0.0252. The van der Waals surface area contributed by atoms with Gasteiger partial charge in [-0.1, -0.05) is 16.6 Å².